The van der Waals surface area contributed by atoms with E-state index in [-0.39, 0.29) is 11.4 Å². The van der Waals surface area contributed by atoms with Crippen LogP contribution in [0.1, 0.15) is 42.5 Å². The number of nitriles is 1. The molecule has 34 heavy (non-hydrogen) atoms. The number of nitrogens with zero attached hydrogens (tertiary/aromatic N) is 6. The zero-order valence-electron chi connectivity index (χ0n) is 18.9. The summed E-state index contributed by atoms with van der Waals surface area (Å²) in [4.78, 5) is 16.6. The Hall–Kier alpha value is -3.35. The van der Waals surface area contributed by atoms with Gasteiger partial charge in [-0.1, -0.05) is 25.0 Å². The van der Waals surface area contributed by atoms with Crippen LogP contribution in [0.15, 0.2) is 53.6 Å². The predicted octanol–water partition coefficient (Wildman–Crippen LogP) is 3.54. The highest BCUT2D eigenvalue weighted by Gasteiger charge is 2.33. The smallest absolute Gasteiger partial charge is 0.243 e. The molecule has 9 heteroatoms. The first-order valence-electron chi connectivity index (χ1n) is 11.6. The maximum atomic E-state index is 13.4. The van der Waals surface area contributed by atoms with E-state index in [2.05, 4.69) is 9.88 Å². The molecular weight excluding hydrogens is 448 g/mol. The molecule has 8 nitrogen and oxygen atoms in total. The SMILES string of the molecule is N#Cc1cccc(S(=O)(=O)N2CCc3nc(-c4ccccn4)nc(N4CCCCCC4)c3C2)c1. The fourth-order valence-corrected chi connectivity index (χ4v) is 6.06. The van der Waals surface area contributed by atoms with Gasteiger partial charge in [-0.3, -0.25) is 4.98 Å². The van der Waals surface area contributed by atoms with Crippen molar-refractivity contribution >= 4 is 15.8 Å². The first-order valence-corrected chi connectivity index (χ1v) is 13.1. The van der Waals surface area contributed by atoms with Gasteiger partial charge in [-0.05, 0) is 43.2 Å². The van der Waals surface area contributed by atoms with Crippen molar-refractivity contribution in [2.24, 2.45) is 0 Å². The molecule has 0 amide bonds. The van der Waals surface area contributed by atoms with Crippen molar-refractivity contribution in [1.82, 2.24) is 19.3 Å². The average Bonchev–Trinajstić information content (AvgIpc) is 3.18. The molecule has 174 valence electrons. The maximum Gasteiger partial charge on any atom is 0.243 e. The Morgan fingerprint density at radius 2 is 1.76 bits per heavy atom. The number of sulfonamides is 1. The summed E-state index contributed by atoms with van der Waals surface area (Å²) >= 11 is 0. The van der Waals surface area contributed by atoms with Crippen molar-refractivity contribution in [3.8, 4) is 17.6 Å². The summed E-state index contributed by atoms with van der Waals surface area (Å²) in [6.07, 6.45) is 6.77. The number of fused-ring (bicyclic) bond motifs is 1. The molecule has 0 aliphatic carbocycles. The highest BCUT2D eigenvalue weighted by molar-refractivity contribution is 7.89. The average molecular weight is 475 g/mol. The Morgan fingerprint density at radius 1 is 0.941 bits per heavy atom. The molecule has 0 spiro atoms. The van der Waals surface area contributed by atoms with Crippen LogP contribution in [0.3, 0.4) is 0 Å². The summed E-state index contributed by atoms with van der Waals surface area (Å²) in [5.41, 5.74) is 2.79. The minimum Gasteiger partial charge on any atom is -0.356 e. The lowest BCUT2D eigenvalue weighted by Gasteiger charge is -2.32. The second-order valence-corrected chi connectivity index (χ2v) is 10.6. The monoisotopic (exact) mass is 474 g/mol. The van der Waals surface area contributed by atoms with Gasteiger partial charge in [0, 0.05) is 44.4 Å². The topological polar surface area (TPSA) is 103 Å². The molecule has 2 aliphatic rings. The molecule has 3 aromatic rings. The third kappa shape index (κ3) is 4.39. The Balaban J connectivity index is 1.56. The molecule has 1 aromatic carbocycles. The van der Waals surface area contributed by atoms with Crippen LogP contribution >= 0.6 is 0 Å². The minimum atomic E-state index is -3.76. The molecule has 2 aliphatic heterocycles. The summed E-state index contributed by atoms with van der Waals surface area (Å²) in [6.45, 7) is 2.32. The van der Waals surface area contributed by atoms with E-state index in [0.29, 0.717) is 30.0 Å². The van der Waals surface area contributed by atoms with Gasteiger partial charge in [0.1, 0.15) is 11.5 Å². The Labute approximate surface area is 200 Å². The normalized spacial score (nSPS) is 17.0. The fraction of sp³-hybridized carbons (Fsp3) is 0.360. The molecule has 5 rings (SSSR count). The summed E-state index contributed by atoms with van der Waals surface area (Å²) in [7, 11) is -3.76. The van der Waals surface area contributed by atoms with Crippen LogP contribution in [0.5, 0.6) is 0 Å². The molecule has 0 atom stereocenters. The second-order valence-electron chi connectivity index (χ2n) is 8.64. The first-order chi connectivity index (χ1) is 16.6. The molecule has 0 unspecified atom stereocenters. The third-order valence-electron chi connectivity index (χ3n) is 6.40. The van der Waals surface area contributed by atoms with Gasteiger partial charge >= 0.3 is 0 Å². The molecule has 0 bridgehead atoms. The zero-order valence-corrected chi connectivity index (χ0v) is 19.7. The summed E-state index contributed by atoms with van der Waals surface area (Å²) in [6, 6.07) is 13.9. The predicted molar refractivity (Wildman–Crippen MR) is 128 cm³/mol. The van der Waals surface area contributed by atoms with E-state index in [1.54, 1.807) is 24.4 Å². The van der Waals surface area contributed by atoms with Crippen LogP contribution in [-0.2, 0) is 23.0 Å². The number of pyridine rings is 1. The van der Waals surface area contributed by atoms with Crippen LogP contribution in [0, 0.1) is 11.3 Å². The van der Waals surface area contributed by atoms with E-state index >= 15 is 0 Å². The molecule has 0 saturated carbocycles. The van der Waals surface area contributed by atoms with E-state index in [1.165, 1.54) is 23.2 Å². The van der Waals surface area contributed by atoms with Gasteiger partial charge in [-0.15, -0.1) is 0 Å². The van der Waals surface area contributed by atoms with Crippen molar-refractivity contribution in [2.45, 2.75) is 43.5 Å². The van der Waals surface area contributed by atoms with Gasteiger partial charge < -0.3 is 4.90 Å². The highest BCUT2D eigenvalue weighted by Crippen LogP contribution is 2.32. The van der Waals surface area contributed by atoms with Gasteiger partial charge in [0.25, 0.3) is 0 Å². The lowest BCUT2D eigenvalue weighted by molar-refractivity contribution is 0.387. The quantitative estimate of drug-likeness (QED) is 0.570. The Bertz CT molecular complexity index is 1330. The van der Waals surface area contributed by atoms with E-state index in [0.717, 1.165) is 43.0 Å². The van der Waals surface area contributed by atoms with Crippen LogP contribution in [0.4, 0.5) is 5.82 Å². The van der Waals surface area contributed by atoms with Gasteiger partial charge in [-0.2, -0.15) is 9.57 Å². The van der Waals surface area contributed by atoms with Crippen LogP contribution in [0.2, 0.25) is 0 Å². The van der Waals surface area contributed by atoms with Crippen LogP contribution in [-0.4, -0.2) is 47.3 Å². The van der Waals surface area contributed by atoms with Gasteiger partial charge in [0.05, 0.1) is 22.2 Å². The summed E-state index contributed by atoms with van der Waals surface area (Å²) in [5.74, 6) is 1.40. The van der Waals surface area contributed by atoms with E-state index < -0.39 is 10.0 Å². The zero-order chi connectivity index (χ0) is 23.5. The number of aromatic nitrogens is 3. The lowest BCUT2D eigenvalue weighted by Crippen LogP contribution is -2.38. The van der Waals surface area contributed by atoms with E-state index in [9.17, 15) is 13.7 Å². The molecule has 4 heterocycles. The minimum absolute atomic E-state index is 0.136. The first kappa shape index (κ1) is 22.4. The largest absolute Gasteiger partial charge is 0.356 e. The Morgan fingerprint density at radius 3 is 2.50 bits per heavy atom. The molecule has 0 N–H and O–H groups in total. The second kappa shape index (κ2) is 9.49. The number of anilines is 1. The Kier molecular flexibility index (Phi) is 6.26. The number of benzene rings is 1. The summed E-state index contributed by atoms with van der Waals surface area (Å²) in [5, 5.41) is 9.21. The number of rotatable bonds is 4. The highest BCUT2D eigenvalue weighted by atomic mass is 32.2. The maximum absolute atomic E-state index is 13.4. The van der Waals surface area contributed by atoms with Gasteiger partial charge in [-0.25, -0.2) is 18.4 Å². The van der Waals surface area contributed by atoms with Crippen LogP contribution in [0.25, 0.3) is 11.5 Å². The number of hydrogen-bond acceptors (Lipinski definition) is 7. The van der Waals surface area contributed by atoms with Crippen molar-refractivity contribution in [3.05, 3.63) is 65.5 Å². The van der Waals surface area contributed by atoms with Crippen molar-refractivity contribution in [2.75, 3.05) is 24.5 Å². The fourth-order valence-electron chi connectivity index (χ4n) is 4.61. The van der Waals surface area contributed by atoms with Crippen molar-refractivity contribution in [3.63, 3.8) is 0 Å². The van der Waals surface area contributed by atoms with Crippen molar-refractivity contribution < 1.29 is 8.42 Å². The molecule has 2 aromatic heterocycles. The lowest BCUT2D eigenvalue weighted by atomic mass is 10.1. The van der Waals surface area contributed by atoms with Gasteiger partial charge in [0.2, 0.25) is 10.0 Å². The van der Waals surface area contributed by atoms with Crippen molar-refractivity contribution in [1.29, 1.82) is 5.26 Å². The summed E-state index contributed by atoms with van der Waals surface area (Å²) < 4.78 is 28.4. The van der Waals surface area contributed by atoms with E-state index in [4.69, 9.17) is 9.97 Å². The molecule has 1 fully saturated rings. The van der Waals surface area contributed by atoms with Crippen LogP contribution < -0.4 is 4.90 Å². The molecule has 0 radical (unpaired) electrons. The molecule has 1 saturated heterocycles. The standard InChI is InChI=1S/C25H26N6O2S/c26-17-19-8-7-9-20(16-19)34(32,33)31-15-11-22-21(18-31)25(30-13-5-1-2-6-14-30)29-24(28-22)23-10-3-4-12-27-23/h3-4,7-10,12,16H,1-2,5-6,11,13-15,18H2. The van der Waals surface area contributed by atoms with Gasteiger partial charge in [0.15, 0.2) is 5.82 Å². The number of hydrogen-bond donors (Lipinski definition) is 0. The molecular formula is C25H26N6O2S. The third-order valence-corrected chi connectivity index (χ3v) is 8.25. The van der Waals surface area contributed by atoms with E-state index in [1.807, 2.05) is 24.3 Å².